The van der Waals surface area contributed by atoms with Gasteiger partial charge < -0.3 is 15.2 Å². The second-order valence-corrected chi connectivity index (χ2v) is 10.4. The number of carbonyl (C=O) groups excluding carboxylic acids is 1. The van der Waals surface area contributed by atoms with Gasteiger partial charge in [0.2, 0.25) is 0 Å². The summed E-state index contributed by atoms with van der Waals surface area (Å²) < 4.78 is 56.4. The average molecular weight is 529 g/mol. The number of carbonyl (C=O) groups is 1. The highest BCUT2D eigenvalue weighted by atomic mass is 32.2. The van der Waals surface area contributed by atoms with E-state index in [-0.39, 0.29) is 16.2 Å². The molecule has 196 valence electrons. The van der Waals surface area contributed by atoms with E-state index in [4.69, 9.17) is 19.4 Å². The number of methoxy groups -OCH3 is 1. The molecular weight excluding hydrogens is 499 g/mol. The van der Waals surface area contributed by atoms with Crippen LogP contribution >= 0.6 is 0 Å². The average Bonchev–Trinajstić information content (AvgIpc) is 3.01. The molecule has 10 heteroatoms. The van der Waals surface area contributed by atoms with Gasteiger partial charge in [-0.25, -0.2) is 8.57 Å². The summed E-state index contributed by atoms with van der Waals surface area (Å²) in [7, 11) is -2.69. The number of nitrogens with two attached hydrogens (primary N) is 1. The van der Waals surface area contributed by atoms with Crippen molar-refractivity contribution in [2.24, 2.45) is 0 Å². The minimum Gasteiger partial charge on any atom is -0.496 e. The van der Waals surface area contributed by atoms with E-state index in [2.05, 4.69) is 0 Å². The van der Waals surface area contributed by atoms with Crippen LogP contribution < -0.4 is 15.4 Å². The molecule has 0 spiro atoms. The smallest absolute Gasteiger partial charge is 0.299 e. The Bertz CT molecular complexity index is 1390. The molecule has 4 rings (SSSR count). The van der Waals surface area contributed by atoms with Crippen molar-refractivity contribution in [3.8, 4) is 5.75 Å². The molecule has 3 aromatic rings. The first-order valence-electron chi connectivity index (χ1n) is 11.8. The molecule has 2 N–H and O–H groups in total. The van der Waals surface area contributed by atoms with Gasteiger partial charge >= 0.3 is 0 Å². The van der Waals surface area contributed by atoms with Crippen LogP contribution in [0.3, 0.4) is 0 Å². The zero-order chi connectivity index (χ0) is 26.7. The van der Waals surface area contributed by atoms with E-state index >= 15 is 0 Å². The number of amides is 1. The second kappa shape index (κ2) is 10.9. The van der Waals surface area contributed by atoms with Crippen LogP contribution in [-0.2, 0) is 25.5 Å². The second-order valence-electron chi connectivity index (χ2n) is 8.82. The van der Waals surface area contributed by atoms with Crippen molar-refractivity contribution >= 4 is 27.4 Å². The third-order valence-corrected chi connectivity index (χ3v) is 7.46. The largest absolute Gasteiger partial charge is 0.496 e. The molecule has 1 heterocycles. The SMILES string of the molecule is COc1cc(N)ccc1C(=O)N1c2ccc(F)cc2CCCC1OC(C)OS(=O)(=O)c1ccc(C)cc1. The van der Waals surface area contributed by atoms with Crippen molar-refractivity contribution in [3.63, 3.8) is 0 Å². The third-order valence-electron chi connectivity index (χ3n) is 6.08. The van der Waals surface area contributed by atoms with E-state index < -0.39 is 34.4 Å². The van der Waals surface area contributed by atoms with Crippen LogP contribution in [0.2, 0.25) is 0 Å². The lowest BCUT2D eigenvalue weighted by Crippen LogP contribution is -2.44. The summed E-state index contributed by atoms with van der Waals surface area (Å²) in [6.07, 6.45) is -0.683. The van der Waals surface area contributed by atoms with Gasteiger partial charge in [0, 0.05) is 11.8 Å². The van der Waals surface area contributed by atoms with E-state index in [1.165, 1.54) is 55.3 Å². The minimum atomic E-state index is -4.12. The van der Waals surface area contributed by atoms with Crippen LogP contribution in [0.5, 0.6) is 5.75 Å². The van der Waals surface area contributed by atoms with Crippen molar-refractivity contribution < 1.29 is 31.3 Å². The Labute approximate surface area is 215 Å². The summed E-state index contributed by atoms with van der Waals surface area (Å²) in [6.45, 7) is 3.30. The first-order chi connectivity index (χ1) is 17.6. The molecule has 0 saturated carbocycles. The number of rotatable bonds is 7. The number of benzene rings is 3. The van der Waals surface area contributed by atoms with Crippen molar-refractivity contribution in [1.29, 1.82) is 0 Å². The van der Waals surface area contributed by atoms with Crippen molar-refractivity contribution in [3.05, 3.63) is 83.2 Å². The maximum atomic E-state index is 14.1. The van der Waals surface area contributed by atoms with Gasteiger partial charge in [-0.15, -0.1) is 0 Å². The minimum absolute atomic E-state index is 0.00483. The van der Waals surface area contributed by atoms with Crippen LogP contribution in [0.15, 0.2) is 65.6 Å². The number of hydrogen-bond acceptors (Lipinski definition) is 7. The number of fused-ring (bicyclic) bond motifs is 1. The van der Waals surface area contributed by atoms with Gasteiger partial charge in [0.1, 0.15) is 17.8 Å². The molecule has 37 heavy (non-hydrogen) atoms. The van der Waals surface area contributed by atoms with Gasteiger partial charge in [-0.1, -0.05) is 17.7 Å². The maximum absolute atomic E-state index is 14.1. The topological polar surface area (TPSA) is 108 Å². The number of halogens is 1. The highest BCUT2D eigenvalue weighted by Gasteiger charge is 2.34. The fourth-order valence-corrected chi connectivity index (χ4v) is 5.29. The number of hydrogen-bond donors (Lipinski definition) is 1. The predicted molar refractivity (Wildman–Crippen MR) is 137 cm³/mol. The zero-order valence-electron chi connectivity index (χ0n) is 20.8. The molecule has 1 aliphatic rings. The normalized spacial score (nSPS) is 16.5. The summed E-state index contributed by atoms with van der Waals surface area (Å²) in [6, 6.07) is 15.1. The van der Waals surface area contributed by atoms with Crippen molar-refractivity contribution in [2.45, 2.75) is 50.5 Å². The highest BCUT2D eigenvalue weighted by Crippen LogP contribution is 2.35. The molecule has 0 aromatic heterocycles. The Kier molecular flexibility index (Phi) is 7.82. The number of anilines is 2. The summed E-state index contributed by atoms with van der Waals surface area (Å²) in [4.78, 5) is 15.3. The van der Waals surface area contributed by atoms with Gasteiger partial charge in [-0.2, -0.15) is 8.42 Å². The third kappa shape index (κ3) is 5.93. The zero-order valence-corrected chi connectivity index (χ0v) is 21.6. The molecule has 1 aliphatic heterocycles. The number of nitrogens with zero attached hydrogens (tertiary/aromatic N) is 1. The van der Waals surface area contributed by atoms with E-state index in [9.17, 15) is 17.6 Å². The highest BCUT2D eigenvalue weighted by molar-refractivity contribution is 7.86. The molecule has 2 atom stereocenters. The fourth-order valence-electron chi connectivity index (χ4n) is 4.31. The van der Waals surface area contributed by atoms with Gasteiger partial charge in [-0.05, 0) is 81.1 Å². The van der Waals surface area contributed by atoms with E-state index in [1.807, 2.05) is 6.92 Å². The number of nitrogen functional groups attached to an aromatic ring is 1. The Morgan fingerprint density at radius 3 is 2.54 bits per heavy atom. The first kappa shape index (κ1) is 26.6. The van der Waals surface area contributed by atoms with Gasteiger partial charge in [0.15, 0.2) is 6.29 Å². The monoisotopic (exact) mass is 528 g/mol. The molecule has 0 saturated heterocycles. The van der Waals surface area contributed by atoms with E-state index in [0.29, 0.717) is 36.2 Å². The molecule has 2 unspecified atom stereocenters. The lowest BCUT2D eigenvalue weighted by molar-refractivity contribution is -0.104. The Balaban J connectivity index is 1.67. The first-order valence-corrected chi connectivity index (χ1v) is 13.2. The van der Waals surface area contributed by atoms with Crippen LogP contribution in [0.4, 0.5) is 15.8 Å². The van der Waals surface area contributed by atoms with E-state index in [0.717, 1.165) is 5.56 Å². The Morgan fingerprint density at radius 2 is 1.84 bits per heavy atom. The molecule has 0 radical (unpaired) electrons. The standard InChI is InChI=1S/C27H29FN2O6S/c1-17-7-11-22(12-8-17)37(32,33)36-18(2)35-26-6-4-5-19-15-20(28)9-14-24(19)30(26)27(31)23-13-10-21(29)16-25(23)34-3/h7-16,18,26H,4-6,29H2,1-3H3. The molecule has 0 bridgehead atoms. The molecule has 1 amide bonds. The summed E-state index contributed by atoms with van der Waals surface area (Å²) >= 11 is 0. The lowest BCUT2D eigenvalue weighted by atomic mass is 10.1. The lowest BCUT2D eigenvalue weighted by Gasteiger charge is -2.33. The molecule has 0 aliphatic carbocycles. The summed E-state index contributed by atoms with van der Waals surface area (Å²) in [5, 5.41) is 0. The predicted octanol–water partition coefficient (Wildman–Crippen LogP) is 4.80. The van der Waals surface area contributed by atoms with Gasteiger partial charge in [0.25, 0.3) is 16.0 Å². The van der Waals surface area contributed by atoms with Crippen LogP contribution in [0, 0.1) is 12.7 Å². The van der Waals surface area contributed by atoms with Crippen LogP contribution in [-0.4, -0.2) is 34.0 Å². The van der Waals surface area contributed by atoms with Crippen LogP contribution in [0.25, 0.3) is 0 Å². The molecule has 0 fully saturated rings. The van der Waals surface area contributed by atoms with Crippen molar-refractivity contribution in [1.82, 2.24) is 0 Å². The Morgan fingerprint density at radius 1 is 1.11 bits per heavy atom. The summed E-state index contributed by atoms with van der Waals surface area (Å²) in [5.41, 5.74) is 8.51. The van der Waals surface area contributed by atoms with Crippen molar-refractivity contribution in [2.75, 3.05) is 17.7 Å². The summed E-state index contributed by atoms with van der Waals surface area (Å²) in [5.74, 6) is -0.621. The molecular formula is C27H29FN2O6S. The van der Waals surface area contributed by atoms with E-state index in [1.54, 1.807) is 24.3 Å². The maximum Gasteiger partial charge on any atom is 0.299 e. The molecule has 8 nitrogen and oxygen atoms in total. The van der Waals surface area contributed by atoms with Gasteiger partial charge in [-0.3, -0.25) is 9.69 Å². The Hall–Kier alpha value is -3.47. The van der Waals surface area contributed by atoms with Gasteiger partial charge in [0.05, 0.1) is 23.3 Å². The number of ether oxygens (including phenoxy) is 2. The fraction of sp³-hybridized carbons (Fsp3) is 0.296. The quantitative estimate of drug-likeness (QED) is 0.267. The van der Waals surface area contributed by atoms with Crippen LogP contribution in [0.1, 0.15) is 41.3 Å². The molecule has 3 aromatic carbocycles. The number of aryl methyl sites for hydroxylation is 2.